The summed E-state index contributed by atoms with van der Waals surface area (Å²) in [5.41, 5.74) is 0.753. The molecule has 2 amide bonds. The van der Waals surface area contributed by atoms with Gasteiger partial charge in [-0.25, -0.2) is 0 Å². The van der Waals surface area contributed by atoms with Gasteiger partial charge in [-0.15, -0.1) is 0 Å². The van der Waals surface area contributed by atoms with Gasteiger partial charge in [0.25, 0.3) is 5.91 Å². The number of nitrogens with zero attached hydrogens (tertiary/aromatic N) is 2. The summed E-state index contributed by atoms with van der Waals surface area (Å²) in [5.74, 6) is 0.175. The minimum Gasteiger partial charge on any atom is -0.329 e. The first-order valence-electron chi connectivity index (χ1n) is 7.40. The van der Waals surface area contributed by atoms with Gasteiger partial charge in [-0.3, -0.25) is 14.5 Å². The van der Waals surface area contributed by atoms with Crippen LogP contribution in [0, 0.1) is 5.92 Å². The van der Waals surface area contributed by atoms with Crippen LogP contribution in [0.4, 0.5) is 5.69 Å². The SMILES string of the molecule is CC(C)C1C(=O)N2CCCC2C(=O)N1c1ccc(Cl)cc1. The molecule has 2 atom stereocenters. The first kappa shape index (κ1) is 14.4. The Morgan fingerprint density at radius 2 is 1.81 bits per heavy atom. The summed E-state index contributed by atoms with van der Waals surface area (Å²) in [6, 6.07) is 6.43. The van der Waals surface area contributed by atoms with Gasteiger partial charge in [-0.05, 0) is 43.0 Å². The van der Waals surface area contributed by atoms with Gasteiger partial charge >= 0.3 is 0 Å². The van der Waals surface area contributed by atoms with Crippen LogP contribution in [-0.4, -0.2) is 35.3 Å². The van der Waals surface area contributed by atoms with Crippen molar-refractivity contribution in [2.45, 2.75) is 38.8 Å². The molecule has 2 heterocycles. The van der Waals surface area contributed by atoms with Gasteiger partial charge in [0.05, 0.1) is 0 Å². The summed E-state index contributed by atoms with van der Waals surface area (Å²) >= 11 is 5.93. The Morgan fingerprint density at radius 1 is 1.14 bits per heavy atom. The molecule has 0 N–H and O–H groups in total. The Hall–Kier alpha value is -1.55. The van der Waals surface area contributed by atoms with Crippen LogP contribution in [0.1, 0.15) is 26.7 Å². The average molecular weight is 307 g/mol. The Balaban J connectivity index is 2.03. The summed E-state index contributed by atoms with van der Waals surface area (Å²) in [6.07, 6.45) is 1.67. The van der Waals surface area contributed by atoms with Gasteiger partial charge in [-0.2, -0.15) is 0 Å². The summed E-state index contributed by atoms with van der Waals surface area (Å²) in [5, 5.41) is 0.623. The molecule has 0 aromatic heterocycles. The molecule has 1 aromatic rings. The van der Waals surface area contributed by atoms with E-state index in [4.69, 9.17) is 11.6 Å². The minimum absolute atomic E-state index is 0.0353. The largest absolute Gasteiger partial charge is 0.329 e. The molecule has 2 saturated heterocycles. The molecule has 3 rings (SSSR count). The van der Waals surface area contributed by atoms with Gasteiger partial charge in [0.1, 0.15) is 12.1 Å². The van der Waals surface area contributed by atoms with Gasteiger partial charge < -0.3 is 4.90 Å². The van der Waals surface area contributed by atoms with Crippen molar-refractivity contribution in [3.8, 4) is 0 Å². The number of carbonyl (C=O) groups is 2. The van der Waals surface area contributed by atoms with Gasteiger partial charge in [-0.1, -0.05) is 25.4 Å². The second kappa shape index (κ2) is 5.34. The van der Waals surface area contributed by atoms with Crippen molar-refractivity contribution in [3.63, 3.8) is 0 Å². The van der Waals surface area contributed by atoms with Crippen LogP contribution in [-0.2, 0) is 9.59 Å². The third-order valence-corrected chi connectivity index (χ3v) is 4.58. The highest BCUT2D eigenvalue weighted by molar-refractivity contribution is 6.30. The Morgan fingerprint density at radius 3 is 2.43 bits per heavy atom. The van der Waals surface area contributed by atoms with E-state index < -0.39 is 6.04 Å². The number of hydrogen-bond acceptors (Lipinski definition) is 2. The van der Waals surface area contributed by atoms with Crippen LogP contribution in [0.15, 0.2) is 24.3 Å². The molecule has 21 heavy (non-hydrogen) atoms. The predicted molar refractivity (Wildman–Crippen MR) is 82.3 cm³/mol. The molecule has 0 spiro atoms. The van der Waals surface area contributed by atoms with Gasteiger partial charge in [0.2, 0.25) is 5.91 Å². The predicted octanol–water partition coefficient (Wildman–Crippen LogP) is 2.70. The van der Waals surface area contributed by atoms with E-state index in [0.717, 1.165) is 18.5 Å². The third-order valence-electron chi connectivity index (χ3n) is 4.33. The first-order valence-corrected chi connectivity index (χ1v) is 7.77. The molecule has 2 aliphatic rings. The van der Waals surface area contributed by atoms with Crippen LogP contribution in [0.2, 0.25) is 5.02 Å². The highest BCUT2D eigenvalue weighted by Gasteiger charge is 2.49. The normalized spacial score (nSPS) is 25.7. The number of benzene rings is 1. The standard InChI is InChI=1S/C16H19ClN2O2/c1-10(2)14-16(21)18-9-3-4-13(18)15(20)19(14)12-7-5-11(17)6-8-12/h5-8,10,13-14H,3-4,9H2,1-2H3. The van der Waals surface area contributed by atoms with E-state index in [9.17, 15) is 9.59 Å². The molecule has 2 fully saturated rings. The topological polar surface area (TPSA) is 40.6 Å². The van der Waals surface area contributed by atoms with Crippen LogP contribution in [0.3, 0.4) is 0 Å². The molecule has 4 nitrogen and oxygen atoms in total. The minimum atomic E-state index is -0.423. The number of anilines is 1. The number of rotatable bonds is 2. The van der Waals surface area contributed by atoms with E-state index in [1.54, 1.807) is 21.9 Å². The lowest BCUT2D eigenvalue weighted by atomic mass is 9.95. The van der Waals surface area contributed by atoms with Crippen molar-refractivity contribution < 1.29 is 9.59 Å². The fourth-order valence-electron chi connectivity index (χ4n) is 3.34. The lowest BCUT2D eigenvalue weighted by molar-refractivity contribution is -0.145. The van der Waals surface area contributed by atoms with Crippen molar-refractivity contribution in [1.82, 2.24) is 4.90 Å². The quantitative estimate of drug-likeness (QED) is 0.843. The second-order valence-electron chi connectivity index (χ2n) is 6.06. The second-order valence-corrected chi connectivity index (χ2v) is 6.50. The summed E-state index contributed by atoms with van der Waals surface area (Å²) in [7, 11) is 0. The number of fused-ring (bicyclic) bond motifs is 1. The van der Waals surface area contributed by atoms with Crippen LogP contribution < -0.4 is 4.90 Å². The smallest absolute Gasteiger partial charge is 0.250 e. The van der Waals surface area contributed by atoms with E-state index in [-0.39, 0.29) is 23.8 Å². The van der Waals surface area contributed by atoms with Crippen molar-refractivity contribution in [3.05, 3.63) is 29.3 Å². The zero-order chi connectivity index (χ0) is 15.1. The molecule has 112 valence electrons. The molecule has 0 bridgehead atoms. The van der Waals surface area contributed by atoms with E-state index in [1.165, 1.54) is 0 Å². The van der Waals surface area contributed by atoms with Crippen molar-refractivity contribution >= 4 is 29.1 Å². The highest BCUT2D eigenvalue weighted by atomic mass is 35.5. The number of amides is 2. The van der Waals surface area contributed by atoms with Crippen molar-refractivity contribution in [2.75, 3.05) is 11.4 Å². The fraction of sp³-hybridized carbons (Fsp3) is 0.500. The first-order chi connectivity index (χ1) is 10.0. The molecular formula is C16H19ClN2O2. The summed E-state index contributed by atoms with van der Waals surface area (Å²) in [6.45, 7) is 4.66. The van der Waals surface area contributed by atoms with Crippen LogP contribution in [0.5, 0.6) is 0 Å². The lowest BCUT2D eigenvalue weighted by Crippen LogP contribution is -2.64. The monoisotopic (exact) mass is 306 g/mol. The molecular weight excluding hydrogens is 288 g/mol. The molecule has 5 heteroatoms. The maximum Gasteiger partial charge on any atom is 0.250 e. The maximum absolute atomic E-state index is 12.9. The zero-order valence-electron chi connectivity index (χ0n) is 12.3. The maximum atomic E-state index is 12.9. The summed E-state index contributed by atoms with van der Waals surface area (Å²) < 4.78 is 0. The molecule has 0 saturated carbocycles. The van der Waals surface area contributed by atoms with Crippen molar-refractivity contribution in [1.29, 1.82) is 0 Å². The molecule has 2 unspecified atom stereocenters. The Bertz CT molecular complexity index is 570. The fourth-order valence-corrected chi connectivity index (χ4v) is 3.46. The van der Waals surface area contributed by atoms with Crippen molar-refractivity contribution in [2.24, 2.45) is 5.92 Å². The van der Waals surface area contributed by atoms with Crippen LogP contribution >= 0.6 is 11.6 Å². The highest BCUT2D eigenvalue weighted by Crippen LogP contribution is 2.33. The van der Waals surface area contributed by atoms with E-state index in [2.05, 4.69) is 0 Å². The molecule has 0 radical (unpaired) electrons. The number of hydrogen-bond donors (Lipinski definition) is 0. The van der Waals surface area contributed by atoms with Gasteiger partial charge in [0.15, 0.2) is 0 Å². The molecule has 2 aliphatic heterocycles. The number of piperazine rings is 1. The molecule has 1 aromatic carbocycles. The summed E-state index contributed by atoms with van der Waals surface area (Å²) in [4.78, 5) is 29.0. The Labute approximate surface area is 129 Å². The number of halogens is 1. The lowest BCUT2D eigenvalue weighted by Gasteiger charge is -2.43. The number of carbonyl (C=O) groups excluding carboxylic acids is 2. The zero-order valence-corrected chi connectivity index (χ0v) is 13.0. The average Bonchev–Trinajstić information content (AvgIpc) is 2.93. The van der Waals surface area contributed by atoms with E-state index in [0.29, 0.717) is 11.6 Å². The van der Waals surface area contributed by atoms with E-state index in [1.807, 2.05) is 26.0 Å². The Kier molecular flexibility index (Phi) is 3.66. The van der Waals surface area contributed by atoms with E-state index >= 15 is 0 Å². The van der Waals surface area contributed by atoms with Gasteiger partial charge in [0, 0.05) is 17.3 Å². The molecule has 0 aliphatic carbocycles. The third kappa shape index (κ3) is 2.31. The van der Waals surface area contributed by atoms with Crippen LogP contribution in [0.25, 0.3) is 0 Å².